The Bertz CT molecular complexity index is 341. The zero-order valence-electron chi connectivity index (χ0n) is 8.94. The fraction of sp³-hybridized carbons (Fsp3) is 0.364. The van der Waals surface area contributed by atoms with Gasteiger partial charge in [-0.15, -0.1) is 0 Å². The summed E-state index contributed by atoms with van der Waals surface area (Å²) in [5.41, 5.74) is 0.484. The number of halogens is 1. The van der Waals surface area contributed by atoms with Crippen LogP contribution in [0.4, 0.5) is 0 Å². The molecule has 0 unspecified atom stereocenters. The van der Waals surface area contributed by atoms with Crippen molar-refractivity contribution >= 4 is 22.2 Å². The topological polar surface area (TPSA) is 44.8 Å². The van der Waals surface area contributed by atoms with Gasteiger partial charge in [-0.05, 0) is 28.1 Å². The molecule has 4 nitrogen and oxygen atoms in total. The molecule has 1 aromatic carbocycles. The smallest absolute Gasteiger partial charge is 0.189 e. The van der Waals surface area contributed by atoms with Gasteiger partial charge in [0.05, 0.1) is 18.8 Å². The maximum atomic E-state index is 10.8. The van der Waals surface area contributed by atoms with E-state index in [4.69, 9.17) is 14.2 Å². The number of hydrogen-bond acceptors (Lipinski definition) is 4. The second-order valence-corrected chi connectivity index (χ2v) is 3.79. The Kier molecular flexibility index (Phi) is 6.07. The number of hydrogen-bond donors (Lipinski definition) is 0. The highest BCUT2D eigenvalue weighted by Gasteiger charge is 2.06. The lowest BCUT2D eigenvalue weighted by atomic mass is 10.2. The summed E-state index contributed by atoms with van der Waals surface area (Å²) in [4.78, 5) is 10.8. The van der Waals surface area contributed by atoms with Gasteiger partial charge < -0.3 is 14.2 Å². The standard InChI is InChI=1S/C11H13BrO4/c1-14-5-6-15-8-16-11-4-2-3-10(12)9(11)7-13/h2-4,7H,5-6,8H2,1H3. The van der Waals surface area contributed by atoms with Gasteiger partial charge in [-0.25, -0.2) is 0 Å². The molecule has 0 atom stereocenters. The third-order valence-electron chi connectivity index (χ3n) is 1.86. The van der Waals surface area contributed by atoms with Crippen LogP contribution in [0.3, 0.4) is 0 Å². The van der Waals surface area contributed by atoms with Crippen molar-refractivity contribution in [2.45, 2.75) is 0 Å². The number of carbonyl (C=O) groups excluding carboxylic acids is 1. The lowest BCUT2D eigenvalue weighted by molar-refractivity contribution is -0.00869. The molecule has 88 valence electrons. The number of aldehydes is 1. The normalized spacial score (nSPS) is 10.1. The molecule has 0 bridgehead atoms. The van der Waals surface area contributed by atoms with Crippen LogP contribution in [-0.2, 0) is 9.47 Å². The summed E-state index contributed by atoms with van der Waals surface area (Å²) >= 11 is 3.27. The third-order valence-corrected chi connectivity index (χ3v) is 2.55. The molecule has 0 heterocycles. The maximum absolute atomic E-state index is 10.8. The molecule has 0 N–H and O–H groups in total. The second-order valence-electron chi connectivity index (χ2n) is 2.93. The molecule has 0 amide bonds. The van der Waals surface area contributed by atoms with Gasteiger partial charge in [0.25, 0.3) is 0 Å². The maximum Gasteiger partial charge on any atom is 0.189 e. The molecule has 0 aromatic heterocycles. The van der Waals surface area contributed by atoms with Crippen molar-refractivity contribution in [2.75, 3.05) is 27.1 Å². The first-order valence-corrected chi connectivity index (χ1v) is 5.52. The number of rotatable bonds is 7. The Morgan fingerprint density at radius 2 is 2.19 bits per heavy atom. The minimum Gasteiger partial charge on any atom is -0.467 e. The summed E-state index contributed by atoms with van der Waals surface area (Å²) in [5.74, 6) is 0.502. The Hall–Kier alpha value is -0.910. The van der Waals surface area contributed by atoms with Crippen molar-refractivity contribution in [3.05, 3.63) is 28.2 Å². The Morgan fingerprint density at radius 1 is 1.38 bits per heavy atom. The van der Waals surface area contributed by atoms with E-state index in [1.54, 1.807) is 25.3 Å². The van der Waals surface area contributed by atoms with Crippen molar-refractivity contribution in [2.24, 2.45) is 0 Å². The van der Waals surface area contributed by atoms with E-state index in [9.17, 15) is 4.79 Å². The van der Waals surface area contributed by atoms with Crippen molar-refractivity contribution in [3.8, 4) is 5.75 Å². The summed E-state index contributed by atoms with van der Waals surface area (Å²) in [5, 5.41) is 0. The minimum absolute atomic E-state index is 0.0979. The Morgan fingerprint density at radius 3 is 2.88 bits per heavy atom. The first-order chi connectivity index (χ1) is 7.79. The molecule has 0 aliphatic rings. The summed E-state index contributed by atoms with van der Waals surface area (Å²) < 4.78 is 16.0. The first kappa shape index (κ1) is 13.2. The zero-order chi connectivity index (χ0) is 11.8. The van der Waals surface area contributed by atoms with Crippen LogP contribution in [0.2, 0.25) is 0 Å². The minimum atomic E-state index is 0.0979. The molecule has 0 radical (unpaired) electrons. The first-order valence-electron chi connectivity index (χ1n) is 4.72. The second kappa shape index (κ2) is 7.38. The van der Waals surface area contributed by atoms with E-state index in [1.807, 2.05) is 0 Å². The lowest BCUT2D eigenvalue weighted by Gasteiger charge is -2.09. The van der Waals surface area contributed by atoms with E-state index < -0.39 is 0 Å². The van der Waals surface area contributed by atoms with Crippen LogP contribution in [0.15, 0.2) is 22.7 Å². The zero-order valence-corrected chi connectivity index (χ0v) is 10.5. The van der Waals surface area contributed by atoms with Crippen molar-refractivity contribution in [1.82, 2.24) is 0 Å². The van der Waals surface area contributed by atoms with Gasteiger partial charge in [-0.1, -0.05) is 6.07 Å². The third kappa shape index (κ3) is 3.92. The van der Waals surface area contributed by atoms with Gasteiger partial charge in [-0.2, -0.15) is 0 Å². The Balaban J connectivity index is 2.47. The van der Waals surface area contributed by atoms with Gasteiger partial charge in [0.15, 0.2) is 13.1 Å². The molecule has 0 fully saturated rings. The Labute approximate surface area is 103 Å². The van der Waals surface area contributed by atoms with Crippen LogP contribution in [0, 0.1) is 0 Å². The van der Waals surface area contributed by atoms with E-state index in [0.717, 1.165) is 6.29 Å². The molecule has 16 heavy (non-hydrogen) atoms. The average molecular weight is 289 g/mol. The van der Waals surface area contributed by atoms with Crippen molar-refractivity contribution in [3.63, 3.8) is 0 Å². The van der Waals surface area contributed by atoms with E-state index >= 15 is 0 Å². The summed E-state index contributed by atoms with van der Waals surface area (Å²) in [6, 6.07) is 5.29. The molecule has 0 spiro atoms. The van der Waals surface area contributed by atoms with E-state index in [0.29, 0.717) is 29.0 Å². The molecule has 5 heteroatoms. The van der Waals surface area contributed by atoms with Crippen LogP contribution in [0.25, 0.3) is 0 Å². The molecule has 1 rings (SSSR count). The summed E-state index contributed by atoms with van der Waals surface area (Å²) in [6.07, 6.45) is 0.745. The lowest BCUT2D eigenvalue weighted by Crippen LogP contribution is -2.08. The molecule has 0 aliphatic heterocycles. The van der Waals surface area contributed by atoms with Gasteiger partial charge in [0, 0.05) is 11.6 Å². The summed E-state index contributed by atoms with van der Waals surface area (Å²) in [6.45, 7) is 1.07. The number of carbonyl (C=O) groups is 1. The molecule has 0 saturated carbocycles. The molecular weight excluding hydrogens is 276 g/mol. The fourth-order valence-corrected chi connectivity index (χ4v) is 1.51. The highest BCUT2D eigenvalue weighted by atomic mass is 79.9. The predicted molar refractivity (Wildman–Crippen MR) is 62.9 cm³/mol. The van der Waals surface area contributed by atoms with Crippen molar-refractivity contribution < 1.29 is 19.0 Å². The molecule has 0 aliphatic carbocycles. The van der Waals surface area contributed by atoms with Crippen LogP contribution in [0.5, 0.6) is 5.75 Å². The molecule has 0 saturated heterocycles. The highest BCUT2D eigenvalue weighted by Crippen LogP contribution is 2.24. The van der Waals surface area contributed by atoms with Gasteiger partial charge in [0.1, 0.15) is 5.75 Å². The SMILES string of the molecule is COCCOCOc1cccc(Br)c1C=O. The van der Waals surface area contributed by atoms with Crippen LogP contribution in [0.1, 0.15) is 10.4 Å². The van der Waals surface area contributed by atoms with Crippen LogP contribution < -0.4 is 4.74 Å². The quantitative estimate of drug-likeness (QED) is 0.439. The van der Waals surface area contributed by atoms with Crippen LogP contribution >= 0.6 is 15.9 Å². The number of methoxy groups -OCH3 is 1. The van der Waals surface area contributed by atoms with E-state index in [1.165, 1.54) is 0 Å². The van der Waals surface area contributed by atoms with Crippen molar-refractivity contribution in [1.29, 1.82) is 0 Å². The molecular formula is C11H13BrO4. The van der Waals surface area contributed by atoms with Gasteiger partial charge in [0.2, 0.25) is 0 Å². The van der Waals surface area contributed by atoms with Crippen LogP contribution in [-0.4, -0.2) is 33.4 Å². The summed E-state index contributed by atoms with van der Waals surface area (Å²) in [7, 11) is 1.60. The van der Waals surface area contributed by atoms with Gasteiger partial charge in [-0.3, -0.25) is 4.79 Å². The largest absolute Gasteiger partial charge is 0.467 e. The highest BCUT2D eigenvalue weighted by molar-refractivity contribution is 9.10. The fourth-order valence-electron chi connectivity index (χ4n) is 1.06. The van der Waals surface area contributed by atoms with E-state index in [-0.39, 0.29) is 6.79 Å². The predicted octanol–water partition coefficient (Wildman–Crippen LogP) is 2.26. The number of benzene rings is 1. The average Bonchev–Trinajstić information content (AvgIpc) is 2.29. The number of ether oxygens (including phenoxy) is 3. The monoisotopic (exact) mass is 288 g/mol. The molecule has 1 aromatic rings. The van der Waals surface area contributed by atoms with Gasteiger partial charge >= 0.3 is 0 Å². The van der Waals surface area contributed by atoms with E-state index in [2.05, 4.69) is 15.9 Å².